The number of rotatable bonds is 2. The van der Waals surface area contributed by atoms with Crippen LogP contribution >= 0.6 is 11.6 Å². The first-order valence-electron chi connectivity index (χ1n) is 4.04. The van der Waals surface area contributed by atoms with E-state index in [2.05, 4.69) is 10.1 Å². The largest absolute Gasteiger partial charge is 0.338 e. The van der Waals surface area contributed by atoms with E-state index >= 15 is 0 Å². The minimum atomic E-state index is -0.739. The molecule has 3 nitrogen and oxygen atoms in total. The van der Waals surface area contributed by atoms with Crippen molar-refractivity contribution in [1.29, 1.82) is 0 Å². The van der Waals surface area contributed by atoms with Crippen LogP contribution in [0.5, 0.6) is 0 Å². The van der Waals surface area contributed by atoms with E-state index in [0.29, 0.717) is 0 Å². The molecule has 0 unspecified atom stereocenters. The first-order chi connectivity index (χ1) is 7.20. The van der Waals surface area contributed by atoms with Gasteiger partial charge >= 0.3 is 0 Å². The fourth-order valence-corrected chi connectivity index (χ4v) is 1.20. The third-order valence-electron chi connectivity index (χ3n) is 1.75. The van der Waals surface area contributed by atoms with Gasteiger partial charge in [0.25, 0.3) is 0 Å². The second kappa shape index (κ2) is 3.94. The zero-order chi connectivity index (χ0) is 10.8. The minimum absolute atomic E-state index is 0.0514. The van der Waals surface area contributed by atoms with Crippen molar-refractivity contribution in [2.75, 3.05) is 0 Å². The summed E-state index contributed by atoms with van der Waals surface area (Å²) in [7, 11) is 0. The van der Waals surface area contributed by atoms with E-state index in [1.165, 1.54) is 6.07 Å². The molecule has 0 aliphatic carbocycles. The maximum absolute atomic E-state index is 13.3. The molecule has 1 heterocycles. The summed E-state index contributed by atoms with van der Waals surface area (Å²) in [5.74, 6) is -1.09. The molecule has 0 spiro atoms. The van der Waals surface area contributed by atoms with Gasteiger partial charge in [-0.25, -0.2) is 8.78 Å². The van der Waals surface area contributed by atoms with Gasteiger partial charge in [0.15, 0.2) is 0 Å². The summed E-state index contributed by atoms with van der Waals surface area (Å²) < 4.78 is 30.6. The molecule has 1 aromatic heterocycles. The average Bonchev–Trinajstić information content (AvgIpc) is 2.66. The van der Waals surface area contributed by atoms with Gasteiger partial charge in [0.2, 0.25) is 11.7 Å². The van der Waals surface area contributed by atoms with E-state index in [4.69, 9.17) is 16.1 Å². The fraction of sp³-hybridized carbons (Fsp3) is 0.111. The minimum Gasteiger partial charge on any atom is -0.338 e. The molecule has 0 radical (unpaired) electrons. The lowest BCUT2D eigenvalue weighted by Crippen LogP contribution is -1.88. The highest BCUT2D eigenvalue weighted by atomic mass is 35.5. The van der Waals surface area contributed by atoms with E-state index in [-0.39, 0.29) is 23.2 Å². The van der Waals surface area contributed by atoms with Gasteiger partial charge in [-0.3, -0.25) is 0 Å². The van der Waals surface area contributed by atoms with Crippen LogP contribution in [0.1, 0.15) is 5.89 Å². The second-order valence-electron chi connectivity index (χ2n) is 2.77. The Morgan fingerprint density at radius 2 is 2.13 bits per heavy atom. The molecule has 6 heteroatoms. The van der Waals surface area contributed by atoms with Crippen molar-refractivity contribution in [2.45, 2.75) is 5.88 Å². The second-order valence-corrected chi connectivity index (χ2v) is 3.04. The van der Waals surface area contributed by atoms with Gasteiger partial charge in [-0.05, 0) is 12.1 Å². The lowest BCUT2D eigenvalue weighted by atomic mass is 10.2. The van der Waals surface area contributed by atoms with Crippen LogP contribution in [0, 0.1) is 11.6 Å². The van der Waals surface area contributed by atoms with Crippen molar-refractivity contribution in [3.63, 3.8) is 0 Å². The zero-order valence-electron chi connectivity index (χ0n) is 7.38. The number of aromatic nitrogens is 2. The van der Waals surface area contributed by atoms with Crippen LogP contribution < -0.4 is 0 Å². The zero-order valence-corrected chi connectivity index (χ0v) is 8.13. The Bertz CT molecular complexity index is 487. The number of halogens is 3. The summed E-state index contributed by atoms with van der Waals surface area (Å²) in [4.78, 5) is 3.82. The van der Waals surface area contributed by atoms with Gasteiger partial charge < -0.3 is 4.52 Å². The Labute approximate surface area is 88.7 Å². The van der Waals surface area contributed by atoms with E-state index in [9.17, 15) is 8.78 Å². The normalized spacial score (nSPS) is 10.6. The van der Waals surface area contributed by atoms with Crippen molar-refractivity contribution in [3.05, 3.63) is 35.7 Å². The van der Waals surface area contributed by atoms with Crippen LogP contribution in [0.3, 0.4) is 0 Å². The van der Waals surface area contributed by atoms with Crippen molar-refractivity contribution >= 4 is 11.6 Å². The van der Waals surface area contributed by atoms with E-state index in [1.54, 1.807) is 0 Å². The number of hydrogen-bond donors (Lipinski definition) is 0. The SMILES string of the molecule is Fc1ccc(-c2noc(CCl)n2)c(F)c1. The first-order valence-corrected chi connectivity index (χ1v) is 4.58. The van der Waals surface area contributed by atoms with Crippen molar-refractivity contribution in [1.82, 2.24) is 10.1 Å². The molecule has 0 atom stereocenters. The summed E-state index contributed by atoms with van der Waals surface area (Å²) in [6, 6.07) is 3.12. The first kappa shape index (κ1) is 10.0. The molecule has 0 aliphatic rings. The third-order valence-corrected chi connectivity index (χ3v) is 1.98. The quantitative estimate of drug-likeness (QED) is 0.745. The van der Waals surface area contributed by atoms with Gasteiger partial charge in [-0.1, -0.05) is 5.16 Å². The predicted molar refractivity (Wildman–Crippen MR) is 49.2 cm³/mol. The lowest BCUT2D eigenvalue weighted by molar-refractivity contribution is 0.390. The molecule has 0 bridgehead atoms. The maximum atomic E-state index is 13.3. The Balaban J connectivity index is 2.44. The standard InChI is InChI=1S/C9H5ClF2N2O/c10-4-8-13-9(14-15-8)6-2-1-5(11)3-7(6)12/h1-3H,4H2. The topological polar surface area (TPSA) is 38.9 Å². The number of alkyl halides is 1. The van der Waals surface area contributed by atoms with Gasteiger partial charge in [0, 0.05) is 6.07 Å². The third kappa shape index (κ3) is 1.97. The molecule has 15 heavy (non-hydrogen) atoms. The Kier molecular flexibility index (Phi) is 2.64. The van der Waals surface area contributed by atoms with Crippen LogP contribution in [-0.4, -0.2) is 10.1 Å². The van der Waals surface area contributed by atoms with Crippen LogP contribution in [0.2, 0.25) is 0 Å². The number of nitrogens with zero attached hydrogens (tertiary/aromatic N) is 2. The molecule has 78 valence electrons. The van der Waals surface area contributed by atoms with Gasteiger partial charge in [0.05, 0.1) is 5.56 Å². The molecule has 0 fully saturated rings. The molecule has 0 amide bonds. The predicted octanol–water partition coefficient (Wildman–Crippen LogP) is 2.75. The fourth-order valence-electron chi connectivity index (χ4n) is 1.09. The summed E-state index contributed by atoms with van der Waals surface area (Å²) >= 11 is 5.44. The smallest absolute Gasteiger partial charge is 0.241 e. The number of benzene rings is 1. The molecule has 0 saturated heterocycles. The van der Waals surface area contributed by atoms with Crippen molar-refractivity contribution in [3.8, 4) is 11.4 Å². The monoisotopic (exact) mass is 230 g/mol. The van der Waals surface area contributed by atoms with Crippen molar-refractivity contribution in [2.24, 2.45) is 0 Å². The van der Waals surface area contributed by atoms with Gasteiger partial charge in [-0.2, -0.15) is 4.98 Å². The summed E-state index contributed by atoms with van der Waals surface area (Å²) in [6.07, 6.45) is 0. The highest BCUT2D eigenvalue weighted by molar-refractivity contribution is 6.16. The molecule has 0 aliphatic heterocycles. The Hall–Kier alpha value is -1.49. The van der Waals surface area contributed by atoms with E-state index in [1.807, 2.05) is 0 Å². The van der Waals surface area contributed by atoms with Crippen molar-refractivity contribution < 1.29 is 13.3 Å². The summed E-state index contributed by atoms with van der Waals surface area (Å²) in [5, 5.41) is 3.51. The van der Waals surface area contributed by atoms with Crippen LogP contribution in [-0.2, 0) is 5.88 Å². The lowest BCUT2D eigenvalue weighted by Gasteiger charge is -1.96. The molecule has 0 N–H and O–H groups in total. The Morgan fingerprint density at radius 1 is 1.33 bits per heavy atom. The van der Waals surface area contributed by atoms with E-state index in [0.717, 1.165) is 12.1 Å². The molecule has 1 aromatic carbocycles. The molecule has 2 rings (SSSR count). The average molecular weight is 231 g/mol. The number of hydrogen-bond acceptors (Lipinski definition) is 3. The Morgan fingerprint density at radius 3 is 2.73 bits per heavy atom. The van der Waals surface area contributed by atoms with E-state index < -0.39 is 11.6 Å². The molecular weight excluding hydrogens is 226 g/mol. The summed E-state index contributed by atoms with van der Waals surface area (Å²) in [5.41, 5.74) is 0.0801. The van der Waals surface area contributed by atoms with Crippen LogP contribution in [0.15, 0.2) is 22.7 Å². The van der Waals surface area contributed by atoms with Gasteiger partial charge in [-0.15, -0.1) is 11.6 Å². The van der Waals surface area contributed by atoms with Gasteiger partial charge in [0.1, 0.15) is 17.5 Å². The highest BCUT2D eigenvalue weighted by Gasteiger charge is 2.12. The highest BCUT2D eigenvalue weighted by Crippen LogP contribution is 2.20. The molecule has 2 aromatic rings. The summed E-state index contributed by atoms with van der Waals surface area (Å²) in [6.45, 7) is 0. The van der Waals surface area contributed by atoms with Crippen LogP contribution in [0.25, 0.3) is 11.4 Å². The van der Waals surface area contributed by atoms with Crippen LogP contribution in [0.4, 0.5) is 8.78 Å². The molecule has 0 saturated carbocycles. The maximum Gasteiger partial charge on any atom is 0.241 e. The molecular formula is C9H5ClF2N2O.